The summed E-state index contributed by atoms with van der Waals surface area (Å²) >= 11 is 0. The fourth-order valence-corrected chi connectivity index (χ4v) is 6.28. The summed E-state index contributed by atoms with van der Waals surface area (Å²) < 4.78 is 26.7. The number of sulfonamides is 1. The molecule has 0 radical (unpaired) electrons. The fraction of sp³-hybridized carbons (Fsp3) is 0.533. The van der Waals surface area contributed by atoms with Gasteiger partial charge >= 0.3 is 0 Å². The lowest BCUT2D eigenvalue weighted by molar-refractivity contribution is -0.141. The Labute approximate surface area is 228 Å². The van der Waals surface area contributed by atoms with Crippen LogP contribution in [0, 0.1) is 20.8 Å². The zero-order valence-electron chi connectivity index (χ0n) is 23.5. The topological polar surface area (TPSA) is 86.8 Å². The number of rotatable bonds is 12. The molecular weight excluding hydrogens is 498 g/mol. The van der Waals surface area contributed by atoms with Gasteiger partial charge in [-0.3, -0.25) is 13.9 Å². The molecule has 2 amide bonds. The van der Waals surface area contributed by atoms with Gasteiger partial charge in [0.1, 0.15) is 6.04 Å². The lowest BCUT2D eigenvalue weighted by atomic mass is 10.1. The standard InChI is InChI=1S/C30H43N3O4S/c1-6-27(30(35)31-26-13-7-8-14-26)32(21-25-12-9-11-22(2)19-25)29(34)15-10-18-33(38(5,36)37)28-20-23(3)16-17-24(28)4/h9,11-12,16-17,19-20,26-27H,6-8,10,13-15,18,21H2,1-5H3,(H,31,35)/t27-/m0/s1. The Bertz CT molecular complexity index is 1220. The number of nitrogens with zero attached hydrogens (tertiary/aromatic N) is 2. The second-order valence-electron chi connectivity index (χ2n) is 10.7. The van der Waals surface area contributed by atoms with Crippen molar-refractivity contribution in [2.75, 3.05) is 17.1 Å². The minimum Gasteiger partial charge on any atom is -0.352 e. The minimum absolute atomic E-state index is 0.103. The number of hydrogen-bond donors (Lipinski definition) is 1. The van der Waals surface area contributed by atoms with Gasteiger partial charge in [0.25, 0.3) is 0 Å². The van der Waals surface area contributed by atoms with Crippen molar-refractivity contribution in [3.63, 3.8) is 0 Å². The molecule has 0 saturated heterocycles. The lowest BCUT2D eigenvalue weighted by Gasteiger charge is -2.32. The first-order chi connectivity index (χ1) is 18.0. The normalized spacial score (nSPS) is 14.8. The molecule has 1 fully saturated rings. The van der Waals surface area contributed by atoms with Gasteiger partial charge < -0.3 is 10.2 Å². The number of nitrogens with one attached hydrogen (secondary N) is 1. The SMILES string of the molecule is CC[C@@H](C(=O)NC1CCCC1)N(Cc1cccc(C)c1)C(=O)CCCN(c1cc(C)ccc1C)S(C)(=O)=O. The summed E-state index contributed by atoms with van der Waals surface area (Å²) in [7, 11) is -3.53. The highest BCUT2D eigenvalue weighted by atomic mass is 32.2. The van der Waals surface area contributed by atoms with Crippen molar-refractivity contribution in [3.05, 3.63) is 64.7 Å². The largest absolute Gasteiger partial charge is 0.352 e. The molecule has 1 aliphatic rings. The van der Waals surface area contributed by atoms with Crippen LogP contribution in [0.3, 0.4) is 0 Å². The molecule has 2 aromatic carbocycles. The Kier molecular flexibility index (Phi) is 10.4. The molecule has 1 aliphatic carbocycles. The number of hydrogen-bond acceptors (Lipinski definition) is 4. The minimum atomic E-state index is -3.53. The fourth-order valence-electron chi connectivity index (χ4n) is 5.26. The first-order valence-corrected chi connectivity index (χ1v) is 15.5. The van der Waals surface area contributed by atoms with Crippen LogP contribution < -0.4 is 9.62 Å². The van der Waals surface area contributed by atoms with Gasteiger partial charge in [0.2, 0.25) is 21.8 Å². The van der Waals surface area contributed by atoms with E-state index in [4.69, 9.17) is 0 Å². The molecule has 7 nitrogen and oxygen atoms in total. The quantitative estimate of drug-likeness (QED) is 0.409. The van der Waals surface area contributed by atoms with Crippen molar-refractivity contribution < 1.29 is 18.0 Å². The van der Waals surface area contributed by atoms with Gasteiger partial charge in [-0.05, 0) is 69.2 Å². The molecule has 0 aromatic heterocycles. The van der Waals surface area contributed by atoms with E-state index in [2.05, 4.69) is 5.32 Å². The molecule has 0 bridgehead atoms. The molecule has 0 heterocycles. The van der Waals surface area contributed by atoms with Crippen LogP contribution in [-0.2, 0) is 26.2 Å². The predicted octanol–water partition coefficient (Wildman–Crippen LogP) is 5.02. The molecule has 1 N–H and O–H groups in total. The van der Waals surface area contributed by atoms with Crippen LogP contribution in [0.4, 0.5) is 5.69 Å². The Morgan fingerprint density at radius 1 is 1.03 bits per heavy atom. The number of anilines is 1. The average Bonchev–Trinajstić information content (AvgIpc) is 3.35. The van der Waals surface area contributed by atoms with Crippen molar-refractivity contribution in [1.82, 2.24) is 10.2 Å². The van der Waals surface area contributed by atoms with Crippen molar-refractivity contribution >= 4 is 27.5 Å². The van der Waals surface area contributed by atoms with Crippen molar-refractivity contribution in [3.8, 4) is 0 Å². The first kappa shape index (κ1) is 29.7. The van der Waals surface area contributed by atoms with E-state index in [9.17, 15) is 18.0 Å². The lowest BCUT2D eigenvalue weighted by Crippen LogP contribution is -2.51. The summed E-state index contributed by atoms with van der Waals surface area (Å²) in [6, 6.07) is 13.3. The molecule has 1 atom stereocenters. The van der Waals surface area contributed by atoms with E-state index in [0.29, 0.717) is 25.1 Å². The molecular formula is C30H43N3O4S. The maximum Gasteiger partial charge on any atom is 0.243 e. The Morgan fingerprint density at radius 3 is 2.34 bits per heavy atom. The second kappa shape index (κ2) is 13.3. The van der Waals surface area contributed by atoms with Crippen LogP contribution in [0.2, 0.25) is 0 Å². The smallest absolute Gasteiger partial charge is 0.243 e. The van der Waals surface area contributed by atoms with E-state index in [1.807, 2.05) is 70.2 Å². The highest BCUT2D eigenvalue weighted by Gasteiger charge is 2.31. The molecule has 2 aromatic rings. The van der Waals surface area contributed by atoms with Crippen molar-refractivity contribution in [1.29, 1.82) is 0 Å². The molecule has 1 saturated carbocycles. The molecule has 0 spiro atoms. The van der Waals surface area contributed by atoms with Gasteiger partial charge in [-0.25, -0.2) is 8.42 Å². The zero-order valence-corrected chi connectivity index (χ0v) is 24.3. The predicted molar refractivity (Wildman–Crippen MR) is 154 cm³/mol. The van der Waals surface area contributed by atoms with Crippen LogP contribution in [-0.4, -0.2) is 50.0 Å². The summed E-state index contributed by atoms with van der Waals surface area (Å²) in [5, 5.41) is 3.17. The van der Waals surface area contributed by atoms with Gasteiger partial charge in [-0.1, -0.05) is 61.7 Å². The molecule has 0 aliphatic heterocycles. The molecule has 0 unspecified atom stereocenters. The summed E-state index contributed by atoms with van der Waals surface area (Å²) in [5.74, 6) is -0.247. The molecule has 38 heavy (non-hydrogen) atoms. The summed E-state index contributed by atoms with van der Waals surface area (Å²) in [6.07, 6.45) is 6.40. The third-order valence-electron chi connectivity index (χ3n) is 7.31. The van der Waals surface area contributed by atoms with Gasteiger partial charge in [0.15, 0.2) is 0 Å². The number of amides is 2. The van der Waals surface area contributed by atoms with Crippen LogP contribution in [0.15, 0.2) is 42.5 Å². The Morgan fingerprint density at radius 2 is 1.71 bits per heavy atom. The van der Waals surface area contributed by atoms with Gasteiger partial charge in [-0.2, -0.15) is 0 Å². The van der Waals surface area contributed by atoms with E-state index < -0.39 is 16.1 Å². The van der Waals surface area contributed by atoms with E-state index >= 15 is 0 Å². The highest BCUT2D eigenvalue weighted by Crippen LogP contribution is 2.25. The third kappa shape index (κ3) is 8.06. The van der Waals surface area contributed by atoms with Crippen molar-refractivity contribution in [2.24, 2.45) is 0 Å². The zero-order chi connectivity index (χ0) is 27.9. The molecule has 208 valence electrons. The number of carbonyl (C=O) groups is 2. The summed E-state index contributed by atoms with van der Waals surface area (Å²) in [4.78, 5) is 28.6. The van der Waals surface area contributed by atoms with Gasteiger partial charge in [0, 0.05) is 25.6 Å². The van der Waals surface area contributed by atoms with E-state index in [0.717, 1.165) is 47.9 Å². The summed E-state index contributed by atoms with van der Waals surface area (Å²) in [6.45, 7) is 8.28. The van der Waals surface area contributed by atoms with Crippen LogP contribution in [0.5, 0.6) is 0 Å². The number of carbonyl (C=O) groups excluding carboxylic acids is 2. The van der Waals surface area contributed by atoms with Crippen LogP contribution in [0.1, 0.15) is 74.1 Å². The number of benzene rings is 2. The molecule has 3 rings (SSSR count). The molecule has 8 heteroatoms. The Hall–Kier alpha value is -2.87. The van der Waals surface area contributed by atoms with Gasteiger partial charge in [0.05, 0.1) is 11.9 Å². The maximum atomic E-state index is 13.6. The number of aryl methyl sites for hydroxylation is 3. The van der Waals surface area contributed by atoms with E-state index in [1.165, 1.54) is 10.6 Å². The first-order valence-electron chi connectivity index (χ1n) is 13.7. The Balaban J connectivity index is 1.78. The highest BCUT2D eigenvalue weighted by molar-refractivity contribution is 7.92. The van der Waals surface area contributed by atoms with E-state index in [1.54, 1.807) is 4.90 Å². The summed E-state index contributed by atoms with van der Waals surface area (Å²) in [5.41, 5.74) is 4.54. The van der Waals surface area contributed by atoms with Crippen LogP contribution >= 0.6 is 0 Å². The third-order valence-corrected chi connectivity index (χ3v) is 8.49. The maximum absolute atomic E-state index is 13.6. The van der Waals surface area contributed by atoms with Gasteiger partial charge in [-0.15, -0.1) is 0 Å². The van der Waals surface area contributed by atoms with Crippen molar-refractivity contribution in [2.45, 2.75) is 91.3 Å². The van der Waals surface area contributed by atoms with Crippen LogP contribution in [0.25, 0.3) is 0 Å². The van der Waals surface area contributed by atoms with E-state index in [-0.39, 0.29) is 30.8 Å². The average molecular weight is 542 g/mol. The monoisotopic (exact) mass is 541 g/mol. The second-order valence-corrected chi connectivity index (χ2v) is 12.6.